The molecule has 1 atom stereocenters. The summed E-state index contributed by atoms with van der Waals surface area (Å²) in [5.41, 5.74) is 1.50. The van der Waals surface area contributed by atoms with Gasteiger partial charge in [-0.05, 0) is 44.0 Å². The van der Waals surface area contributed by atoms with E-state index in [9.17, 15) is 4.79 Å². The highest BCUT2D eigenvalue weighted by molar-refractivity contribution is 5.92. The maximum atomic E-state index is 11.8. The monoisotopic (exact) mass is 325 g/mol. The predicted octanol–water partition coefficient (Wildman–Crippen LogP) is 2.31. The van der Waals surface area contributed by atoms with Crippen molar-refractivity contribution in [1.82, 2.24) is 15.5 Å². The number of nitrogens with zero attached hydrogens (tertiary/aromatic N) is 3. The second-order valence-electron chi connectivity index (χ2n) is 5.93. The summed E-state index contributed by atoms with van der Waals surface area (Å²) in [6.07, 6.45) is 2.24. The van der Waals surface area contributed by atoms with Crippen molar-refractivity contribution in [2.75, 3.05) is 29.9 Å². The van der Waals surface area contributed by atoms with Crippen LogP contribution in [-0.2, 0) is 0 Å². The summed E-state index contributed by atoms with van der Waals surface area (Å²) in [5.74, 6) is 0.640. The largest absolute Gasteiger partial charge is 0.381 e. The van der Waals surface area contributed by atoms with Crippen LogP contribution in [0.5, 0.6) is 0 Å². The number of nitrogens with one attached hydrogen (secondary N) is 2. The molecule has 1 aromatic carbocycles. The number of amides is 1. The van der Waals surface area contributed by atoms with Crippen molar-refractivity contribution in [2.45, 2.75) is 25.8 Å². The molecule has 6 nitrogen and oxygen atoms in total. The molecule has 0 spiro atoms. The van der Waals surface area contributed by atoms with Gasteiger partial charge in [-0.1, -0.05) is 18.2 Å². The molecule has 1 aromatic heterocycles. The quantitative estimate of drug-likeness (QED) is 0.883. The molecule has 3 rings (SSSR count). The number of hydrogen-bond donors (Lipinski definition) is 2. The normalized spacial score (nSPS) is 17.4. The van der Waals surface area contributed by atoms with Gasteiger partial charge in [-0.15, -0.1) is 10.2 Å². The van der Waals surface area contributed by atoms with Crippen molar-refractivity contribution >= 4 is 17.4 Å². The highest BCUT2D eigenvalue weighted by Crippen LogP contribution is 2.20. The maximum absolute atomic E-state index is 11.8. The molecule has 126 valence electrons. The number of aromatic nitrogens is 2. The third-order valence-corrected chi connectivity index (χ3v) is 4.11. The first kappa shape index (κ1) is 16.2. The Kier molecular flexibility index (Phi) is 5.25. The number of carbonyl (C=O) groups is 1. The zero-order chi connectivity index (χ0) is 16.8. The fourth-order valence-corrected chi connectivity index (χ4v) is 2.94. The van der Waals surface area contributed by atoms with E-state index in [0.29, 0.717) is 18.3 Å². The second-order valence-corrected chi connectivity index (χ2v) is 5.93. The number of para-hydroxylation sites is 1. The van der Waals surface area contributed by atoms with Gasteiger partial charge >= 0.3 is 0 Å². The van der Waals surface area contributed by atoms with Crippen molar-refractivity contribution in [1.29, 1.82) is 0 Å². The minimum atomic E-state index is -0.182. The van der Waals surface area contributed by atoms with Gasteiger partial charge in [-0.3, -0.25) is 4.79 Å². The Labute approximate surface area is 142 Å². The van der Waals surface area contributed by atoms with Crippen LogP contribution in [0, 0.1) is 0 Å². The Morgan fingerprint density at radius 3 is 2.75 bits per heavy atom. The number of anilines is 2. The molecule has 2 heterocycles. The zero-order valence-electron chi connectivity index (χ0n) is 13.9. The third-order valence-electron chi connectivity index (χ3n) is 4.11. The van der Waals surface area contributed by atoms with Gasteiger partial charge in [0.05, 0.1) is 0 Å². The molecular weight excluding hydrogens is 302 g/mol. The molecule has 0 saturated carbocycles. The van der Waals surface area contributed by atoms with E-state index in [4.69, 9.17) is 0 Å². The Morgan fingerprint density at radius 1 is 1.21 bits per heavy atom. The van der Waals surface area contributed by atoms with Crippen LogP contribution in [0.1, 0.15) is 30.3 Å². The predicted molar refractivity (Wildman–Crippen MR) is 95.3 cm³/mol. The number of benzene rings is 1. The average molecular weight is 325 g/mol. The molecule has 1 fully saturated rings. The van der Waals surface area contributed by atoms with Crippen LogP contribution >= 0.6 is 0 Å². The van der Waals surface area contributed by atoms with Gasteiger partial charge in [0.1, 0.15) is 0 Å². The molecule has 0 aliphatic carbocycles. The van der Waals surface area contributed by atoms with Crippen LogP contribution in [0.4, 0.5) is 11.5 Å². The molecule has 0 bridgehead atoms. The molecule has 1 amide bonds. The summed E-state index contributed by atoms with van der Waals surface area (Å²) in [5, 5.41) is 14.6. The van der Waals surface area contributed by atoms with Gasteiger partial charge in [-0.25, -0.2) is 0 Å². The third kappa shape index (κ3) is 4.01. The van der Waals surface area contributed by atoms with Crippen LogP contribution < -0.4 is 15.5 Å². The first-order valence-corrected chi connectivity index (χ1v) is 8.44. The second kappa shape index (κ2) is 7.77. The summed E-state index contributed by atoms with van der Waals surface area (Å²) < 4.78 is 0. The molecule has 0 unspecified atom stereocenters. The Balaban J connectivity index is 1.63. The zero-order valence-corrected chi connectivity index (χ0v) is 13.9. The van der Waals surface area contributed by atoms with Gasteiger partial charge in [0, 0.05) is 31.4 Å². The van der Waals surface area contributed by atoms with Crippen LogP contribution in [0.2, 0.25) is 0 Å². The average Bonchev–Trinajstić information content (AvgIpc) is 2.63. The summed E-state index contributed by atoms with van der Waals surface area (Å²) in [6.45, 7) is 4.31. The van der Waals surface area contributed by atoms with Crippen molar-refractivity contribution in [3.63, 3.8) is 0 Å². The van der Waals surface area contributed by atoms with Crippen LogP contribution in [-0.4, -0.2) is 41.8 Å². The number of rotatable bonds is 5. The van der Waals surface area contributed by atoms with Gasteiger partial charge in [0.25, 0.3) is 5.91 Å². The smallest absolute Gasteiger partial charge is 0.271 e. The first-order valence-electron chi connectivity index (χ1n) is 8.44. The highest BCUT2D eigenvalue weighted by Gasteiger charge is 2.21. The Hall–Kier alpha value is -2.63. The fraction of sp³-hybridized carbons (Fsp3) is 0.389. The maximum Gasteiger partial charge on any atom is 0.271 e. The molecule has 1 aliphatic rings. The van der Waals surface area contributed by atoms with Gasteiger partial charge in [0.15, 0.2) is 11.5 Å². The Bertz CT molecular complexity index is 659. The lowest BCUT2D eigenvalue weighted by Gasteiger charge is -2.34. The summed E-state index contributed by atoms with van der Waals surface area (Å²) in [6, 6.07) is 14.3. The van der Waals surface area contributed by atoms with Gasteiger partial charge in [0.2, 0.25) is 0 Å². The Morgan fingerprint density at radius 2 is 2.04 bits per heavy atom. The van der Waals surface area contributed by atoms with E-state index in [2.05, 4.69) is 37.9 Å². The molecule has 2 N–H and O–H groups in total. The SMILES string of the molecule is CCNC(=O)c1ccc(N2CCC[C@@H](Nc3ccccc3)C2)nn1. The van der Waals surface area contributed by atoms with E-state index in [-0.39, 0.29) is 5.91 Å². The molecule has 2 aromatic rings. The van der Waals surface area contributed by atoms with Crippen LogP contribution in [0.3, 0.4) is 0 Å². The minimum absolute atomic E-state index is 0.182. The lowest BCUT2D eigenvalue weighted by molar-refractivity contribution is 0.0950. The summed E-state index contributed by atoms with van der Waals surface area (Å²) in [7, 11) is 0. The lowest BCUT2D eigenvalue weighted by Crippen LogP contribution is -2.42. The minimum Gasteiger partial charge on any atom is -0.381 e. The molecular formula is C18H23N5O. The van der Waals surface area contributed by atoms with Crippen LogP contribution in [0.25, 0.3) is 0 Å². The first-order chi connectivity index (χ1) is 11.8. The van der Waals surface area contributed by atoms with Crippen LogP contribution in [0.15, 0.2) is 42.5 Å². The fourth-order valence-electron chi connectivity index (χ4n) is 2.94. The highest BCUT2D eigenvalue weighted by atomic mass is 16.1. The van der Waals surface area contributed by atoms with Crippen molar-refractivity contribution < 1.29 is 4.79 Å². The van der Waals surface area contributed by atoms with E-state index in [1.165, 1.54) is 0 Å². The van der Waals surface area contributed by atoms with E-state index >= 15 is 0 Å². The van der Waals surface area contributed by atoms with Crippen molar-refractivity contribution in [2.24, 2.45) is 0 Å². The molecule has 6 heteroatoms. The van der Waals surface area contributed by atoms with E-state index in [1.807, 2.05) is 31.2 Å². The number of hydrogen-bond acceptors (Lipinski definition) is 5. The van der Waals surface area contributed by atoms with E-state index in [0.717, 1.165) is 37.4 Å². The topological polar surface area (TPSA) is 70.2 Å². The number of piperidine rings is 1. The molecule has 0 radical (unpaired) electrons. The molecule has 1 saturated heterocycles. The van der Waals surface area contributed by atoms with E-state index < -0.39 is 0 Å². The standard InChI is InChI=1S/C18H23N5O/c1-2-19-18(24)16-10-11-17(22-21-16)23-12-6-9-15(13-23)20-14-7-4-3-5-8-14/h3-5,7-8,10-11,15,20H,2,6,9,12-13H2,1H3,(H,19,24)/t15-/m1/s1. The summed E-state index contributed by atoms with van der Waals surface area (Å²) >= 11 is 0. The van der Waals surface area contributed by atoms with Crippen molar-refractivity contribution in [3.05, 3.63) is 48.2 Å². The van der Waals surface area contributed by atoms with E-state index in [1.54, 1.807) is 6.07 Å². The molecule has 1 aliphatic heterocycles. The van der Waals surface area contributed by atoms with Gasteiger partial charge in [-0.2, -0.15) is 0 Å². The molecule has 24 heavy (non-hydrogen) atoms. The van der Waals surface area contributed by atoms with Crippen molar-refractivity contribution in [3.8, 4) is 0 Å². The summed E-state index contributed by atoms with van der Waals surface area (Å²) in [4.78, 5) is 14.0. The lowest BCUT2D eigenvalue weighted by atomic mass is 10.1. The van der Waals surface area contributed by atoms with Gasteiger partial charge < -0.3 is 15.5 Å². The number of carbonyl (C=O) groups excluding carboxylic acids is 1.